The molecule has 0 bridgehead atoms. The van der Waals surface area contributed by atoms with Gasteiger partial charge in [0.1, 0.15) is 17.7 Å². The van der Waals surface area contributed by atoms with Gasteiger partial charge in [0.15, 0.2) is 0 Å². The maximum absolute atomic E-state index is 13.8. The fourth-order valence-electron chi connectivity index (χ4n) is 4.82. The number of rotatable bonds is 12. The minimum atomic E-state index is -0.929. The molecule has 3 atom stereocenters. The summed E-state index contributed by atoms with van der Waals surface area (Å²) in [4.78, 5) is 58.2. The Bertz CT molecular complexity index is 1320. The van der Waals surface area contributed by atoms with Crippen LogP contribution in [0, 0.1) is 12.3 Å². The molecular weight excluding hydrogens is 598 g/mol. The maximum atomic E-state index is 13.8. The molecule has 3 rings (SSSR count). The predicted octanol–water partition coefficient (Wildman–Crippen LogP) is 3.16. The Morgan fingerprint density at radius 1 is 1.07 bits per heavy atom. The van der Waals surface area contributed by atoms with Crippen LogP contribution in [0.3, 0.4) is 0 Å². The van der Waals surface area contributed by atoms with Gasteiger partial charge in [-0.2, -0.15) is 0 Å². The van der Waals surface area contributed by atoms with Gasteiger partial charge >= 0.3 is 6.09 Å². The van der Waals surface area contributed by atoms with Crippen molar-refractivity contribution in [2.24, 2.45) is 5.41 Å². The lowest BCUT2D eigenvalue weighted by Crippen LogP contribution is -2.57. The van der Waals surface area contributed by atoms with Crippen molar-refractivity contribution in [1.82, 2.24) is 25.8 Å². The average Bonchev–Trinajstić information content (AvgIpc) is 3.56. The van der Waals surface area contributed by atoms with Crippen LogP contribution in [0.5, 0.6) is 0 Å². The molecule has 1 aromatic heterocycles. The van der Waals surface area contributed by atoms with Crippen LogP contribution in [0.2, 0.25) is 0 Å². The Balaban J connectivity index is 1.51. The zero-order chi connectivity index (χ0) is 33.4. The lowest BCUT2D eigenvalue weighted by molar-refractivity contribution is -0.144. The van der Waals surface area contributed by atoms with E-state index in [1.165, 1.54) is 4.90 Å². The van der Waals surface area contributed by atoms with Crippen LogP contribution in [0.15, 0.2) is 29.8 Å². The lowest BCUT2D eigenvalue weighted by atomic mass is 9.85. The minimum absolute atomic E-state index is 0.000190. The Morgan fingerprint density at radius 2 is 1.76 bits per heavy atom. The van der Waals surface area contributed by atoms with Crippen molar-refractivity contribution in [3.63, 3.8) is 0 Å². The standard InChI is InChI=1S/C32H47N5O7S/c1-20-26(45-19-35-20)22-10-8-21(9-11-22)17-34-28(40)24-16-23(38)18-37(24)29(41)27(31(2,3)4)36-25(39)12-14-43-15-13-33-30(42)44-32(5,6)7/h8-11,19,23-24,27,38H,12-18H2,1-7H3,(H,33,42)(H,34,40)(H,36,39)/t23?,24-,27+/m0/s1. The molecule has 1 aromatic carbocycles. The zero-order valence-electron chi connectivity index (χ0n) is 27.3. The largest absolute Gasteiger partial charge is 0.444 e. The minimum Gasteiger partial charge on any atom is -0.444 e. The topological polar surface area (TPSA) is 159 Å². The summed E-state index contributed by atoms with van der Waals surface area (Å²) < 4.78 is 10.6. The van der Waals surface area contributed by atoms with Crippen molar-refractivity contribution < 1.29 is 33.8 Å². The number of nitrogens with one attached hydrogen (secondary N) is 3. The van der Waals surface area contributed by atoms with Crippen LogP contribution in [-0.2, 0) is 30.4 Å². The van der Waals surface area contributed by atoms with Gasteiger partial charge in [0.05, 0.1) is 35.4 Å². The van der Waals surface area contributed by atoms with Gasteiger partial charge < -0.3 is 35.4 Å². The number of alkyl carbamates (subject to hydrolysis) is 1. The molecule has 1 saturated heterocycles. The maximum Gasteiger partial charge on any atom is 0.407 e. The summed E-state index contributed by atoms with van der Waals surface area (Å²) in [5, 5.41) is 18.7. The number of nitrogens with zero attached hydrogens (tertiary/aromatic N) is 2. The number of β-amino-alcohol motifs (C(OH)–C–C–N with tert-alkyl or cyclic N) is 1. The van der Waals surface area contributed by atoms with Crippen molar-refractivity contribution in [3.05, 3.63) is 41.0 Å². The summed E-state index contributed by atoms with van der Waals surface area (Å²) in [7, 11) is 0. The monoisotopic (exact) mass is 645 g/mol. The fraction of sp³-hybridized carbons (Fsp3) is 0.594. The van der Waals surface area contributed by atoms with Crippen LogP contribution in [0.25, 0.3) is 10.4 Å². The third-order valence-corrected chi connectivity index (χ3v) is 8.08. The van der Waals surface area contributed by atoms with E-state index in [1.807, 2.05) is 57.5 Å². The average molecular weight is 646 g/mol. The molecule has 1 aliphatic rings. The van der Waals surface area contributed by atoms with Crippen LogP contribution < -0.4 is 16.0 Å². The van der Waals surface area contributed by atoms with Crippen molar-refractivity contribution in [3.8, 4) is 10.4 Å². The number of carbonyl (C=O) groups is 4. The normalized spacial score (nSPS) is 17.5. The number of aryl methyl sites for hydroxylation is 1. The van der Waals surface area contributed by atoms with E-state index in [0.29, 0.717) is 0 Å². The van der Waals surface area contributed by atoms with Gasteiger partial charge in [0.2, 0.25) is 17.7 Å². The Labute approximate surface area is 269 Å². The van der Waals surface area contributed by atoms with E-state index in [0.717, 1.165) is 21.7 Å². The quantitative estimate of drug-likeness (QED) is 0.256. The molecule has 13 heteroatoms. The number of aliphatic hydroxyl groups excluding tert-OH is 1. The summed E-state index contributed by atoms with van der Waals surface area (Å²) >= 11 is 1.57. The van der Waals surface area contributed by atoms with E-state index >= 15 is 0 Å². The molecule has 4 N–H and O–H groups in total. The number of hydrogen-bond acceptors (Lipinski definition) is 9. The highest BCUT2D eigenvalue weighted by molar-refractivity contribution is 7.13. The number of amides is 4. The van der Waals surface area contributed by atoms with Gasteiger partial charge in [-0.15, -0.1) is 11.3 Å². The van der Waals surface area contributed by atoms with Crippen molar-refractivity contribution in [2.45, 2.75) is 91.6 Å². The third kappa shape index (κ3) is 11.1. The van der Waals surface area contributed by atoms with Gasteiger partial charge in [-0.3, -0.25) is 14.4 Å². The number of aromatic nitrogens is 1. The molecule has 1 aliphatic heterocycles. The van der Waals surface area contributed by atoms with Crippen LogP contribution in [-0.4, -0.2) is 88.9 Å². The van der Waals surface area contributed by atoms with Crippen LogP contribution >= 0.6 is 11.3 Å². The summed E-state index contributed by atoms with van der Waals surface area (Å²) in [6, 6.07) is 6.05. The molecule has 0 aliphatic carbocycles. The molecule has 4 amide bonds. The second-order valence-electron chi connectivity index (χ2n) is 13.2. The molecule has 248 valence electrons. The van der Waals surface area contributed by atoms with Crippen molar-refractivity contribution in [1.29, 1.82) is 0 Å². The van der Waals surface area contributed by atoms with E-state index < -0.39 is 41.2 Å². The zero-order valence-corrected chi connectivity index (χ0v) is 28.1. The van der Waals surface area contributed by atoms with Crippen LogP contribution in [0.1, 0.15) is 65.6 Å². The van der Waals surface area contributed by atoms with Gasteiger partial charge in [-0.05, 0) is 44.2 Å². The number of aliphatic hydroxyl groups is 1. The summed E-state index contributed by atoms with van der Waals surface area (Å²) in [5.74, 6) is -1.19. The molecule has 1 unspecified atom stereocenters. The van der Waals surface area contributed by atoms with Gasteiger partial charge in [0.25, 0.3) is 0 Å². The summed E-state index contributed by atoms with van der Waals surface area (Å²) in [6.45, 7) is 13.5. The van der Waals surface area contributed by atoms with E-state index in [2.05, 4.69) is 20.9 Å². The molecule has 12 nitrogen and oxygen atoms in total. The number of thiazole rings is 1. The van der Waals surface area contributed by atoms with E-state index in [-0.39, 0.29) is 57.5 Å². The highest BCUT2D eigenvalue weighted by Crippen LogP contribution is 2.28. The summed E-state index contributed by atoms with van der Waals surface area (Å²) in [6.07, 6.45) is -1.30. The number of benzene rings is 1. The molecule has 2 aromatic rings. The van der Waals surface area contributed by atoms with E-state index in [4.69, 9.17) is 9.47 Å². The molecule has 0 saturated carbocycles. The lowest BCUT2D eigenvalue weighted by Gasteiger charge is -2.35. The molecule has 45 heavy (non-hydrogen) atoms. The first-order valence-corrected chi connectivity index (χ1v) is 16.0. The first-order chi connectivity index (χ1) is 21.0. The highest BCUT2D eigenvalue weighted by Gasteiger charge is 2.44. The van der Waals surface area contributed by atoms with Crippen LogP contribution in [0.4, 0.5) is 4.79 Å². The molecule has 0 spiro atoms. The number of carbonyl (C=O) groups excluding carboxylic acids is 4. The Morgan fingerprint density at radius 3 is 2.36 bits per heavy atom. The van der Waals surface area contributed by atoms with Gasteiger partial charge in [0, 0.05) is 32.5 Å². The van der Waals surface area contributed by atoms with Gasteiger partial charge in [-0.25, -0.2) is 9.78 Å². The molecule has 0 radical (unpaired) electrons. The van der Waals surface area contributed by atoms with E-state index in [1.54, 1.807) is 32.1 Å². The Hall–Kier alpha value is -3.55. The molecular formula is C32H47N5O7S. The first-order valence-electron chi connectivity index (χ1n) is 15.1. The van der Waals surface area contributed by atoms with E-state index in [9.17, 15) is 24.3 Å². The Kier molecular flexibility index (Phi) is 12.5. The molecule has 1 fully saturated rings. The molecule has 2 heterocycles. The number of ether oxygens (including phenoxy) is 2. The first kappa shape index (κ1) is 35.9. The van der Waals surface area contributed by atoms with Gasteiger partial charge in [-0.1, -0.05) is 45.0 Å². The smallest absolute Gasteiger partial charge is 0.407 e. The summed E-state index contributed by atoms with van der Waals surface area (Å²) in [5.41, 5.74) is 3.45. The van der Waals surface area contributed by atoms with Crippen molar-refractivity contribution >= 4 is 35.2 Å². The number of likely N-dealkylation sites (tertiary alicyclic amines) is 1. The third-order valence-electron chi connectivity index (χ3n) is 7.10. The fourth-order valence-corrected chi connectivity index (χ4v) is 5.63. The second-order valence-corrected chi connectivity index (χ2v) is 14.1. The SMILES string of the molecule is Cc1ncsc1-c1ccc(CNC(=O)[C@@H]2CC(O)CN2C(=O)[C@@H](NC(=O)CCOCCNC(=O)OC(C)(C)C)C(C)(C)C)cc1. The highest BCUT2D eigenvalue weighted by atomic mass is 32.1. The second kappa shape index (κ2) is 15.6. The number of hydrogen-bond donors (Lipinski definition) is 4. The van der Waals surface area contributed by atoms with Crippen molar-refractivity contribution in [2.75, 3.05) is 26.3 Å². The predicted molar refractivity (Wildman–Crippen MR) is 171 cm³/mol.